The number of Topliss-reactive ketones (excluding diaryl/α,β-unsaturated/α-hetero) is 1. The molecule has 0 fully saturated rings. The minimum absolute atomic E-state index is 0.0511. The number of benzene rings is 2. The molecule has 2 aromatic carbocycles. The maximum atomic E-state index is 13.2. The van der Waals surface area contributed by atoms with Crippen LogP contribution in [0.1, 0.15) is 53.2 Å². The number of thiophene rings is 1. The molecular weight excluding hydrogens is 491 g/mol. The Bertz CT molecular complexity index is 1420. The highest BCUT2D eigenvalue weighted by atomic mass is 32.1. The Morgan fingerprint density at radius 2 is 1.94 bits per heavy atom. The number of aromatic hydroxyl groups is 1. The molecule has 2 aliphatic heterocycles. The van der Waals surface area contributed by atoms with Crippen molar-refractivity contribution in [1.29, 1.82) is 0 Å². The first-order valence-corrected chi connectivity index (χ1v) is 12.2. The normalized spacial score (nSPS) is 17.6. The first-order valence-electron chi connectivity index (χ1n) is 11.3. The van der Waals surface area contributed by atoms with Gasteiger partial charge in [-0.3, -0.25) is 4.79 Å². The Morgan fingerprint density at radius 1 is 1.19 bits per heavy atom. The minimum Gasteiger partial charge on any atom is -0.504 e. The van der Waals surface area contributed by atoms with Crippen LogP contribution in [-0.2, 0) is 6.42 Å². The van der Waals surface area contributed by atoms with Crippen molar-refractivity contribution in [2.45, 2.75) is 45.0 Å². The van der Waals surface area contributed by atoms with Crippen molar-refractivity contribution in [1.82, 2.24) is 0 Å². The van der Waals surface area contributed by atoms with Gasteiger partial charge in [-0.1, -0.05) is 12.1 Å². The molecule has 5 rings (SSSR count). The van der Waals surface area contributed by atoms with Crippen LogP contribution in [-0.4, -0.2) is 29.7 Å². The van der Waals surface area contributed by atoms with Gasteiger partial charge in [0.25, 0.3) is 5.78 Å². The molecule has 0 bridgehead atoms. The van der Waals surface area contributed by atoms with E-state index < -0.39 is 18.1 Å². The van der Waals surface area contributed by atoms with Gasteiger partial charge in [-0.05, 0) is 61.6 Å². The van der Waals surface area contributed by atoms with Crippen molar-refractivity contribution in [2.75, 3.05) is 12.4 Å². The van der Waals surface area contributed by atoms with E-state index in [1.807, 2.05) is 32.9 Å². The van der Waals surface area contributed by atoms with E-state index in [0.717, 1.165) is 39.3 Å². The van der Waals surface area contributed by atoms with E-state index in [0.29, 0.717) is 16.2 Å². The maximum absolute atomic E-state index is 13.2. The summed E-state index contributed by atoms with van der Waals surface area (Å²) in [6.45, 7) is 6.07. The Morgan fingerprint density at radius 3 is 2.64 bits per heavy atom. The molecule has 0 radical (unpaired) electrons. The maximum Gasteiger partial charge on any atom is 0.454 e. The highest BCUT2D eigenvalue weighted by Crippen LogP contribution is 2.54. The monoisotopic (exact) mass is 515 g/mol. The summed E-state index contributed by atoms with van der Waals surface area (Å²) >= 11 is 1.10. The summed E-state index contributed by atoms with van der Waals surface area (Å²) in [5.41, 5.74) is 4.16. The number of hydrogen-bond acceptors (Lipinski definition) is 6. The van der Waals surface area contributed by atoms with E-state index in [1.165, 1.54) is 24.6 Å². The van der Waals surface area contributed by atoms with Crippen LogP contribution in [0, 0.1) is 0 Å². The highest BCUT2D eigenvalue weighted by molar-refractivity contribution is 7.10. The zero-order valence-corrected chi connectivity index (χ0v) is 20.9. The fourth-order valence-electron chi connectivity index (χ4n) is 5.19. The summed E-state index contributed by atoms with van der Waals surface area (Å²) in [5.74, 6) is -1.23. The number of methoxy groups -OCH3 is 1. The number of allylic oxidation sites excluding steroid dienone is 1. The van der Waals surface area contributed by atoms with Gasteiger partial charge in [0.2, 0.25) is 0 Å². The van der Waals surface area contributed by atoms with Gasteiger partial charge in [-0.15, -0.1) is 11.3 Å². The van der Waals surface area contributed by atoms with Crippen molar-refractivity contribution in [2.24, 2.45) is 0 Å². The molecule has 0 amide bonds. The predicted molar refractivity (Wildman–Crippen MR) is 133 cm³/mol. The zero-order chi connectivity index (χ0) is 26.0. The van der Waals surface area contributed by atoms with Crippen molar-refractivity contribution in [3.63, 3.8) is 0 Å². The largest absolute Gasteiger partial charge is 0.504 e. The van der Waals surface area contributed by atoms with Crippen LogP contribution in [0.4, 0.5) is 18.9 Å². The van der Waals surface area contributed by atoms with Gasteiger partial charge >= 0.3 is 6.18 Å². The lowest BCUT2D eigenvalue weighted by Crippen LogP contribution is -2.32. The second kappa shape index (κ2) is 8.30. The fourth-order valence-corrected chi connectivity index (χ4v) is 6.09. The third kappa shape index (κ3) is 3.91. The number of halogens is 3. The van der Waals surface area contributed by atoms with E-state index in [4.69, 9.17) is 9.47 Å². The number of anilines is 1. The smallest absolute Gasteiger partial charge is 0.454 e. The van der Waals surface area contributed by atoms with Gasteiger partial charge in [-0.2, -0.15) is 13.2 Å². The number of ketones is 1. The summed E-state index contributed by atoms with van der Waals surface area (Å²) < 4.78 is 51.6. The quantitative estimate of drug-likeness (QED) is 0.361. The van der Waals surface area contributed by atoms with E-state index in [-0.39, 0.29) is 29.0 Å². The summed E-state index contributed by atoms with van der Waals surface area (Å²) in [6.07, 6.45) is -3.49. The average molecular weight is 516 g/mol. The number of hydrogen-bond donors (Lipinski definition) is 2. The number of nitrogens with one attached hydrogen (secondary N) is 1. The zero-order valence-electron chi connectivity index (χ0n) is 20.0. The molecule has 0 saturated carbocycles. The molecule has 2 aliphatic rings. The second-order valence-corrected chi connectivity index (χ2v) is 10.5. The minimum atomic E-state index is -4.97. The van der Waals surface area contributed by atoms with E-state index in [9.17, 15) is 23.1 Å². The topological polar surface area (TPSA) is 67.8 Å². The number of phenolic OH excluding ortho intramolecular Hbond substituents is 1. The molecular formula is C27H24F3NO4S. The van der Waals surface area contributed by atoms with E-state index >= 15 is 0 Å². The molecule has 1 aromatic heterocycles. The summed E-state index contributed by atoms with van der Waals surface area (Å²) in [5, 5.41) is 15.4. The first-order chi connectivity index (χ1) is 16.9. The molecule has 5 nitrogen and oxygen atoms in total. The third-order valence-corrected chi connectivity index (χ3v) is 7.40. The second-order valence-electron chi connectivity index (χ2n) is 9.51. The summed E-state index contributed by atoms with van der Waals surface area (Å²) in [6, 6.07) is 8.14. The number of rotatable bonds is 4. The number of ether oxygens (including phenoxy) is 2. The van der Waals surface area contributed by atoms with Crippen LogP contribution in [0.25, 0.3) is 16.7 Å². The SMILES string of the molecule is COc1c(O)ccc2c1-c1ccc3c(c1C(Cc1sccc1C(=O)C(F)(F)F)O2)C(C)=CC(C)(C)N3. The van der Waals surface area contributed by atoms with Crippen LogP contribution < -0.4 is 14.8 Å². The lowest BCUT2D eigenvalue weighted by Gasteiger charge is -2.37. The Hall–Kier alpha value is -3.46. The van der Waals surface area contributed by atoms with E-state index in [2.05, 4.69) is 11.4 Å². The fraction of sp³-hybridized carbons (Fsp3) is 0.296. The molecule has 2 N–H and O–H groups in total. The molecule has 188 valence electrons. The van der Waals surface area contributed by atoms with Crippen LogP contribution in [0.5, 0.6) is 17.2 Å². The van der Waals surface area contributed by atoms with Crippen molar-refractivity contribution in [3.8, 4) is 28.4 Å². The molecule has 0 saturated heterocycles. The molecule has 36 heavy (non-hydrogen) atoms. The molecule has 3 heterocycles. The van der Waals surface area contributed by atoms with Gasteiger partial charge in [0.05, 0.1) is 18.2 Å². The summed E-state index contributed by atoms with van der Waals surface area (Å²) in [7, 11) is 1.45. The number of carbonyl (C=O) groups excluding carboxylic acids is 1. The Balaban J connectivity index is 1.71. The van der Waals surface area contributed by atoms with Gasteiger partial charge < -0.3 is 19.9 Å². The molecule has 1 atom stereocenters. The molecule has 9 heteroatoms. The Labute approximate surface area is 210 Å². The Kier molecular flexibility index (Phi) is 5.59. The molecule has 0 aliphatic carbocycles. The molecule has 1 unspecified atom stereocenters. The van der Waals surface area contributed by atoms with Gasteiger partial charge in [0.15, 0.2) is 11.5 Å². The number of carbonyl (C=O) groups is 1. The van der Waals surface area contributed by atoms with Crippen molar-refractivity contribution in [3.05, 3.63) is 63.4 Å². The van der Waals surface area contributed by atoms with E-state index in [1.54, 1.807) is 6.07 Å². The lowest BCUT2D eigenvalue weighted by atomic mass is 9.81. The standard InChI is InChI=1S/C27H24F3NO4S/c1-13-12-26(2,3)31-16-6-5-15-22(21(13)16)19(35-18-8-7-17(32)24(34-4)23(15)18)11-20-14(9-10-36-20)25(33)27(28,29)30/h5-10,12,19,31-32H,11H2,1-4H3. The van der Waals surface area contributed by atoms with Crippen LogP contribution in [0.3, 0.4) is 0 Å². The third-order valence-electron chi connectivity index (χ3n) is 6.46. The van der Waals surface area contributed by atoms with Crippen molar-refractivity contribution >= 4 is 28.4 Å². The first kappa shape index (κ1) is 24.2. The average Bonchev–Trinajstić information content (AvgIpc) is 3.24. The molecule has 0 spiro atoms. The predicted octanol–water partition coefficient (Wildman–Crippen LogP) is 7.16. The van der Waals surface area contributed by atoms with Crippen LogP contribution in [0.2, 0.25) is 0 Å². The number of fused-ring (bicyclic) bond motifs is 5. The van der Waals surface area contributed by atoms with Gasteiger partial charge in [0.1, 0.15) is 11.9 Å². The van der Waals surface area contributed by atoms with Crippen LogP contribution >= 0.6 is 11.3 Å². The van der Waals surface area contributed by atoms with Crippen LogP contribution in [0.15, 0.2) is 41.8 Å². The summed E-state index contributed by atoms with van der Waals surface area (Å²) in [4.78, 5) is 12.4. The highest BCUT2D eigenvalue weighted by Gasteiger charge is 2.42. The molecule has 3 aromatic rings. The van der Waals surface area contributed by atoms with Gasteiger partial charge in [-0.25, -0.2) is 0 Å². The number of alkyl halides is 3. The number of phenols is 1. The van der Waals surface area contributed by atoms with Crippen molar-refractivity contribution < 1.29 is 32.5 Å². The lowest BCUT2D eigenvalue weighted by molar-refractivity contribution is -0.0885. The van der Waals surface area contributed by atoms with Gasteiger partial charge in [0, 0.05) is 33.7 Å².